The average Bonchev–Trinajstić information content (AvgIpc) is 2.81. The number of halogens is 1. The molecular formula is C14H17BrN2O2. The lowest BCUT2D eigenvalue weighted by Crippen LogP contribution is -2.58. The maximum absolute atomic E-state index is 12.7. The summed E-state index contributed by atoms with van der Waals surface area (Å²) in [6.45, 7) is 1.87. The Morgan fingerprint density at radius 1 is 1.37 bits per heavy atom. The van der Waals surface area contributed by atoms with Crippen LogP contribution in [0.3, 0.4) is 0 Å². The molecule has 0 spiro atoms. The zero-order valence-electron chi connectivity index (χ0n) is 10.7. The normalized spacial score (nSPS) is 21.3. The van der Waals surface area contributed by atoms with E-state index in [1.807, 2.05) is 17.0 Å². The number of carbonyl (C=O) groups is 1. The summed E-state index contributed by atoms with van der Waals surface area (Å²) in [5.74, 6) is 0.0388. The van der Waals surface area contributed by atoms with Crippen LogP contribution in [0, 0.1) is 0 Å². The van der Waals surface area contributed by atoms with E-state index in [2.05, 4.69) is 22.0 Å². The summed E-state index contributed by atoms with van der Waals surface area (Å²) >= 11 is 3.46. The summed E-state index contributed by atoms with van der Waals surface area (Å²) in [6.07, 6.45) is 2.11. The Labute approximate surface area is 121 Å². The van der Waals surface area contributed by atoms with Crippen molar-refractivity contribution in [1.29, 1.82) is 0 Å². The van der Waals surface area contributed by atoms with Crippen molar-refractivity contribution in [2.45, 2.75) is 24.8 Å². The standard InChI is InChI=1S/C14H17BrN2O2/c15-11-1-2-12-10(9-11)3-6-17(12)13(18)14(16)4-7-19-8-5-14/h1-2,9H,3-8,16H2. The number of hydrogen-bond acceptors (Lipinski definition) is 3. The molecule has 4 nitrogen and oxygen atoms in total. The molecule has 5 heteroatoms. The molecule has 0 atom stereocenters. The molecule has 0 radical (unpaired) electrons. The highest BCUT2D eigenvalue weighted by molar-refractivity contribution is 9.10. The van der Waals surface area contributed by atoms with Crippen molar-refractivity contribution >= 4 is 27.5 Å². The van der Waals surface area contributed by atoms with E-state index in [4.69, 9.17) is 10.5 Å². The number of ether oxygens (including phenoxy) is 1. The molecule has 0 bridgehead atoms. The van der Waals surface area contributed by atoms with Crippen LogP contribution in [0.5, 0.6) is 0 Å². The van der Waals surface area contributed by atoms with Crippen molar-refractivity contribution in [3.8, 4) is 0 Å². The van der Waals surface area contributed by atoms with Gasteiger partial charge in [0, 0.05) is 29.9 Å². The van der Waals surface area contributed by atoms with Gasteiger partial charge >= 0.3 is 0 Å². The lowest BCUT2D eigenvalue weighted by molar-refractivity contribution is -0.126. The SMILES string of the molecule is NC1(C(=O)N2CCc3cc(Br)ccc32)CCOCC1. The number of carbonyl (C=O) groups excluding carboxylic acids is 1. The topological polar surface area (TPSA) is 55.6 Å². The Hall–Kier alpha value is -0.910. The van der Waals surface area contributed by atoms with Gasteiger partial charge < -0.3 is 15.4 Å². The molecule has 2 N–H and O–H groups in total. The third kappa shape index (κ3) is 2.30. The van der Waals surface area contributed by atoms with Gasteiger partial charge in [-0.25, -0.2) is 0 Å². The fraction of sp³-hybridized carbons (Fsp3) is 0.500. The van der Waals surface area contributed by atoms with Crippen LogP contribution in [0.15, 0.2) is 22.7 Å². The van der Waals surface area contributed by atoms with Crippen molar-refractivity contribution < 1.29 is 9.53 Å². The number of nitrogens with two attached hydrogens (primary N) is 1. The van der Waals surface area contributed by atoms with E-state index in [1.165, 1.54) is 5.56 Å². The number of nitrogens with zero attached hydrogens (tertiary/aromatic N) is 1. The van der Waals surface area contributed by atoms with Crippen LogP contribution >= 0.6 is 15.9 Å². The Bertz CT molecular complexity index is 512. The molecule has 0 aliphatic carbocycles. The maximum Gasteiger partial charge on any atom is 0.247 e. The molecule has 1 aromatic carbocycles. The molecule has 2 heterocycles. The minimum atomic E-state index is -0.757. The summed E-state index contributed by atoms with van der Waals surface area (Å²) < 4.78 is 6.36. The minimum Gasteiger partial charge on any atom is -0.381 e. The van der Waals surface area contributed by atoms with Crippen molar-refractivity contribution in [2.24, 2.45) is 5.73 Å². The second kappa shape index (κ2) is 4.89. The van der Waals surface area contributed by atoms with Crippen molar-refractivity contribution in [3.05, 3.63) is 28.2 Å². The van der Waals surface area contributed by atoms with E-state index in [0.29, 0.717) is 26.1 Å². The average molecular weight is 325 g/mol. The molecule has 0 aromatic heterocycles. The van der Waals surface area contributed by atoms with Crippen molar-refractivity contribution in [3.63, 3.8) is 0 Å². The number of anilines is 1. The first-order chi connectivity index (χ1) is 9.10. The molecule has 1 amide bonds. The van der Waals surface area contributed by atoms with Crippen LogP contribution < -0.4 is 10.6 Å². The van der Waals surface area contributed by atoms with Gasteiger partial charge in [-0.05, 0) is 43.0 Å². The number of amides is 1. The molecular weight excluding hydrogens is 308 g/mol. The Balaban J connectivity index is 1.87. The summed E-state index contributed by atoms with van der Waals surface area (Å²) in [6, 6.07) is 6.04. The smallest absolute Gasteiger partial charge is 0.247 e. The number of hydrogen-bond donors (Lipinski definition) is 1. The second-order valence-electron chi connectivity index (χ2n) is 5.25. The number of rotatable bonds is 1. The van der Waals surface area contributed by atoms with E-state index in [0.717, 1.165) is 23.1 Å². The number of fused-ring (bicyclic) bond motifs is 1. The van der Waals surface area contributed by atoms with Gasteiger partial charge in [0.15, 0.2) is 0 Å². The minimum absolute atomic E-state index is 0.0388. The highest BCUT2D eigenvalue weighted by Crippen LogP contribution is 2.33. The summed E-state index contributed by atoms with van der Waals surface area (Å²) in [4.78, 5) is 14.5. The van der Waals surface area contributed by atoms with Gasteiger partial charge in [0.1, 0.15) is 5.54 Å². The van der Waals surface area contributed by atoms with Gasteiger partial charge in [0.05, 0.1) is 0 Å². The van der Waals surface area contributed by atoms with Crippen LogP contribution in [-0.2, 0) is 16.0 Å². The predicted molar refractivity (Wildman–Crippen MR) is 77.2 cm³/mol. The molecule has 2 aliphatic heterocycles. The zero-order chi connectivity index (χ0) is 13.5. The summed E-state index contributed by atoms with van der Waals surface area (Å²) in [5.41, 5.74) is 7.74. The largest absolute Gasteiger partial charge is 0.381 e. The highest BCUT2D eigenvalue weighted by Gasteiger charge is 2.41. The molecule has 3 rings (SSSR count). The van der Waals surface area contributed by atoms with Gasteiger partial charge in [-0.3, -0.25) is 4.79 Å². The quantitative estimate of drug-likeness (QED) is 0.857. The number of benzene rings is 1. The first kappa shape index (κ1) is 13.1. The molecule has 0 unspecified atom stereocenters. The van der Waals surface area contributed by atoms with Crippen molar-refractivity contribution in [2.75, 3.05) is 24.7 Å². The predicted octanol–water partition coefficient (Wildman–Crippen LogP) is 1.85. The maximum atomic E-state index is 12.7. The molecule has 0 saturated carbocycles. The third-order valence-corrected chi connectivity index (χ3v) is 4.49. The Morgan fingerprint density at radius 3 is 2.84 bits per heavy atom. The fourth-order valence-electron chi connectivity index (χ4n) is 2.80. The van der Waals surface area contributed by atoms with Crippen LogP contribution in [-0.4, -0.2) is 31.2 Å². The molecule has 2 aliphatic rings. The second-order valence-corrected chi connectivity index (χ2v) is 6.16. The molecule has 102 valence electrons. The first-order valence-electron chi connectivity index (χ1n) is 6.57. The third-order valence-electron chi connectivity index (χ3n) is 3.99. The van der Waals surface area contributed by atoms with E-state index in [-0.39, 0.29) is 5.91 Å². The van der Waals surface area contributed by atoms with Gasteiger partial charge in [-0.15, -0.1) is 0 Å². The monoisotopic (exact) mass is 324 g/mol. The van der Waals surface area contributed by atoms with Crippen LogP contribution in [0.4, 0.5) is 5.69 Å². The Morgan fingerprint density at radius 2 is 2.11 bits per heavy atom. The lowest BCUT2D eigenvalue weighted by atomic mass is 9.89. The van der Waals surface area contributed by atoms with E-state index >= 15 is 0 Å². The summed E-state index contributed by atoms with van der Waals surface area (Å²) in [5, 5.41) is 0. The highest BCUT2D eigenvalue weighted by atomic mass is 79.9. The fourth-order valence-corrected chi connectivity index (χ4v) is 3.21. The van der Waals surface area contributed by atoms with Gasteiger partial charge in [-0.2, -0.15) is 0 Å². The summed E-state index contributed by atoms with van der Waals surface area (Å²) in [7, 11) is 0. The van der Waals surface area contributed by atoms with Crippen LogP contribution in [0.1, 0.15) is 18.4 Å². The van der Waals surface area contributed by atoms with E-state index < -0.39 is 5.54 Å². The lowest BCUT2D eigenvalue weighted by Gasteiger charge is -2.35. The van der Waals surface area contributed by atoms with Gasteiger partial charge in [0.2, 0.25) is 5.91 Å². The molecule has 1 fully saturated rings. The van der Waals surface area contributed by atoms with Crippen molar-refractivity contribution in [1.82, 2.24) is 0 Å². The van der Waals surface area contributed by atoms with E-state index in [9.17, 15) is 4.79 Å². The van der Waals surface area contributed by atoms with Gasteiger partial charge in [0.25, 0.3) is 0 Å². The van der Waals surface area contributed by atoms with Crippen LogP contribution in [0.2, 0.25) is 0 Å². The zero-order valence-corrected chi connectivity index (χ0v) is 12.3. The molecule has 1 aromatic rings. The molecule has 19 heavy (non-hydrogen) atoms. The van der Waals surface area contributed by atoms with Crippen LogP contribution in [0.25, 0.3) is 0 Å². The molecule has 1 saturated heterocycles. The first-order valence-corrected chi connectivity index (χ1v) is 7.36. The Kier molecular flexibility index (Phi) is 3.37. The van der Waals surface area contributed by atoms with Gasteiger partial charge in [-0.1, -0.05) is 15.9 Å². The van der Waals surface area contributed by atoms with E-state index in [1.54, 1.807) is 0 Å².